The van der Waals surface area contributed by atoms with Crippen molar-refractivity contribution in [3.8, 4) is 0 Å². The van der Waals surface area contributed by atoms with Crippen LogP contribution in [0, 0.1) is 5.41 Å². The summed E-state index contributed by atoms with van der Waals surface area (Å²) in [6, 6.07) is 0. The van der Waals surface area contributed by atoms with Gasteiger partial charge in [-0.1, -0.05) is 0 Å². The number of rotatable bonds is 5. The van der Waals surface area contributed by atoms with E-state index in [1.807, 2.05) is 5.38 Å². The van der Waals surface area contributed by atoms with Crippen LogP contribution in [0.15, 0.2) is 10.9 Å². The summed E-state index contributed by atoms with van der Waals surface area (Å²) >= 11 is 1.58. The van der Waals surface area contributed by atoms with Crippen LogP contribution in [-0.2, 0) is 11.2 Å². The van der Waals surface area contributed by atoms with Gasteiger partial charge in [0.05, 0.1) is 16.6 Å². The molecule has 1 heterocycles. The molecule has 1 aliphatic rings. The largest absolute Gasteiger partial charge is 0.355 e. The standard InChI is InChI=1S/C10H15N3OS/c11-6-10(2-3-10)9(14)12-4-1-8-5-15-7-13-8/h5,7H,1-4,6,11H2,(H,12,14). The van der Waals surface area contributed by atoms with E-state index >= 15 is 0 Å². The summed E-state index contributed by atoms with van der Waals surface area (Å²) in [5, 5.41) is 4.92. The predicted molar refractivity (Wildman–Crippen MR) is 59.5 cm³/mol. The predicted octanol–water partition coefficient (Wildman–Crippen LogP) is 0.541. The molecule has 15 heavy (non-hydrogen) atoms. The number of nitrogens with zero attached hydrogens (tertiary/aromatic N) is 1. The molecule has 1 amide bonds. The maximum Gasteiger partial charge on any atom is 0.227 e. The normalized spacial score (nSPS) is 17.4. The lowest BCUT2D eigenvalue weighted by atomic mass is 10.1. The number of hydrogen-bond donors (Lipinski definition) is 2. The molecule has 0 bridgehead atoms. The number of amides is 1. The van der Waals surface area contributed by atoms with Crippen LogP contribution in [0.5, 0.6) is 0 Å². The quantitative estimate of drug-likeness (QED) is 0.768. The molecule has 0 radical (unpaired) electrons. The molecule has 0 saturated heterocycles. The first-order valence-electron chi connectivity index (χ1n) is 5.12. The molecule has 1 saturated carbocycles. The molecule has 0 atom stereocenters. The highest BCUT2D eigenvalue weighted by Gasteiger charge is 2.48. The second-order valence-corrected chi connectivity index (χ2v) is 4.69. The summed E-state index contributed by atoms with van der Waals surface area (Å²) < 4.78 is 0. The topological polar surface area (TPSA) is 68.0 Å². The molecular weight excluding hydrogens is 210 g/mol. The Morgan fingerprint density at radius 3 is 3.00 bits per heavy atom. The first-order valence-corrected chi connectivity index (χ1v) is 6.06. The Bertz CT molecular complexity index is 332. The van der Waals surface area contributed by atoms with E-state index in [0.717, 1.165) is 25.0 Å². The van der Waals surface area contributed by atoms with Crippen LogP contribution in [-0.4, -0.2) is 24.0 Å². The number of carbonyl (C=O) groups excluding carboxylic acids is 1. The van der Waals surface area contributed by atoms with Gasteiger partial charge in [-0.15, -0.1) is 11.3 Å². The average molecular weight is 225 g/mol. The second kappa shape index (κ2) is 4.28. The van der Waals surface area contributed by atoms with E-state index in [4.69, 9.17) is 5.73 Å². The van der Waals surface area contributed by atoms with E-state index < -0.39 is 0 Å². The Hall–Kier alpha value is -0.940. The molecule has 1 fully saturated rings. The van der Waals surface area contributed by atoms with E-state index in [1.54, 1.807) is 16.8 Å². The number of nitrogens with two attached hydrogens (primary N) is 1. The van der Waals surface area contributed by atoms with Crippen LogP contribution in [0.1, 0.15) is 18.5 Å². The number of hydrogen-bond acceptors (Lipinski definition) is 4. The molecule has 0 aliphatic heterocycles. The third-order valence-electron chi connectivity index (χ3n) is 2.88. The minimum Gasteiger partial charge on any atom is -0.355 e. The summed E-state index contributed by atoms with van der Waals surface area (Å²) in [6.07, 6.45) is 2.67. The van der Waals surface area contributed by atoms with Gasteiger partial charge in [-0.05, 0) is 12.8 Å². The van der Waals surface area contributed by atoms with Crippen molar-refractivity contribution in [3.05, 3.63) is 16.6 Å². The molecule has 4 nitrogen and oxygen atoms in total. The fourth-order valence-electron chi connectivity index (χ4n) is 1.53. The Kier molecular flexibility index (Phi) is 3.02. The van der Waals surface area contributed by atoms with Gasteiger partial charge in [0, 0.05) is 24.9 Å². The van der Waals surface area contributed by atoms with Gasteiger partial charge in [0.15, 0.2) is 0 Å². The summed E-state index contributed by atoms with van der Waals surface area (Å²) in [5.41, 5.74) is 8.18. The molecule has 0 aromatic carbocycles. The van der Waals surface area contributed by atoms with Gasteiger partial charge in [-0.3, -0.25) is 4.79 Å². The minimum absolute atomic E-state index is 0.111. The van der Waals surface area contributed by atoms with E-state index in [9.17, 15) is 4.79 Å². The first-order chi connectivity index (χ1) is 7.27. The molecular formula is C10H15N3OS. The lowest BCUT2D eigenvalue weighted by Gasteiger charge is -2.11. The van der Waals surface area contributed by atoms with Crippen LogP contribution in [0.4, 0.5) is 0 Å². The van der Waals surface area contributed by atoms with Gasteiger partial charge in [0.25, 0.3) is 0 Å². The molecule has 82 valence electrons. The summed E-state index contributed by atoms with van der Waals surface area (Å²) in [5.74, 6) is 0.111. The monoisotopic (exact) mass is 225 g/mol. The molecule has 0 spiro atoms. The number of thiazole rings is 1. The maximum absolute atomic E-state index is 11.7. The Morgan fingerprint density at radius 2 is 2.47 bits per heavy atom. The zero-order valence-corrected chi connectivity index (χ0v) is 9.35. The zero-order chi connectivity index (χ0) is 10.7. The van der Waals surface area contributed by atoms with Gasteiger partial charge in [-0.2, -0.15) is 0 Å². The maximum atomic E-state index is 11.7. The SMILES string of the molecule is NCC1(C(=O)NCCc2cscn2)CC1. The fraction of sp³-hybridized carbons (Fsp3) is 0.600. The molecule has 2 rings (SSSR count). The summed E-state index contributed by atoms with van der Waals surface area (Å²) in [7, 11) is 0. The second-order valence-electron chi connectivity index (χ2n) is 3.97. The minimum atomic E-state index is -0.234. The smallest absolute Gasteiger partial charge is 0.227 e. The van der Waals surface area contributed by atoms with Crippen LogP contribution >= 0.6 is 11.3 Å². The van der Waals surface area contributed by atoms with E-state index in [1.165, 1.54) is 0 Å². The van der Waals surface area contributed by atoms with Crippen LogP contribution in [0.2, 0.25) is 0 Å². The van der Waals surface area contributed by atoms with E-state index in [-0.39, 0.29) is 11.3 Å². The average Bonchev–Trinajstić information content (AvgIpc) is 2.90. The van der Waals surface area contributed by atoms with Crippen molar-refractivity contribution in [1.82, 2.24) is 10.3 Å². The van der Waals surface area contributed by atoms with E-state index in [0.29, 0.717) is 13.1 Å². The van der Waals surface area contributed by atoms with Crippen LogP contribution in [0.25, 0.3) is 0 Å². The lowest BCUT2D eigenvalue weighted by molar-refractivity contribution is -0.125. The van der Waals surface area contributed by atoms with Crippen molar-refractivity contribution >= 4 is 17.2 Å². The third kappa shape index (κ3) is 2.35. The van der Waals surface area contributed by atoms with Crippen molar-refractivity contribution in [1.29, 1.82) is 0 Å². The Labute approximate surface area is 92.9 Å². The molecule has 1 aromatic rings. The highest BCUT2D eigenvalue weighted by Crippen LogP contribution is 2.44. The lowest BCUT2D eigenvalue weighted by Crippen LogP contribution is -2.37. The van der Waals surface area contributed by atoms with Gasteiger partial charge in [0.2, 0.25) is 5.91 Å². The highest BCUT2D eigenvalue weighted by molar-refractivity contribution is 7.07. The highest BCUT2D eigenvalue weighted by atomic mass is 32.1. The van der Waals surface area contributed by atoms with Crippen molar-refractivity contribution in [2.75, 3.05) is 13.1 Å². The molecule has 3 N–H and O–H groups in total. The van der Waals surface area contributed by atoms with Crippen LogP contribution < -0.4 is 11.1 Å². The molecule has 0 unspecified atom stereocenters. The Morgan fingerprint density at radius 1 is 1.67 bits per heavy atom. The number of nitrogens with one attached hydrogen (secondary N) is 1. The number of carbonyl (C=O) groups is 1. The molecule has 1 aromatic heterocycles. The van der Waals surface area contributed by atoms with Gasteiger partial charge < -0.3 is 11.1 Å². The van der Waals surface area contributed by atoms with Crippen molar-refractivity contribution in [3.63, 3.8) is 0 Å². The van der Waals surface area contributed by atoms with E-state index in [2.05, 4.69) is 10.3 Å². The summed E-state index contributed by atoms with van der Waals surface area (Å²) in [6.45, 7) is 1.12. The van der Waals surface area contributed by atoms with Crippen LogP contribution in [0.3, 0.4) is 0 Å². The van der Waals surface area contributed by atoms with Crippen molar-refractivity contribution in [2.45, 2.75) is 19.3 Å². The third-order valence-corrected chi connectivity index (χ3v) is 3.51. The van der Waals surface area contributed by atoms with Gasteiger partial charge in [0.1, 0.15) is 0 Å². The van der Waals surface area contributed by atoms with Crippen molar-refractivity contribution < 1.29 is 4.79 Å². The van der Waals surface area contributed by atoms with Gasteiger partial charge >= 0.3 is 0 Å². The van der Waals surface area contributed by atoms with Crippen molar-refractivity contribution in [2.24, 2.45) is 11.1 Å². The van der Waals surface area contributed by atoms with Gasteiger partial charge in [-0.25, -0.2) is 4.98 Å². The Balaban J connectivity index is 1.72. The zero-order valence-electron chi connectivity index (χ0n) is 8.53. The fourth-order valence-corrected chi connectivity index (χ4v) is 2.12. The molecule has 1 aliphatic carbocycles. The molecule has 5 heteroatoms. The number of aromatic nitrogens is 1. The summed E-state index contributed by atoms with van der Waals surface area (Å²) in [4.78, 5) is 15.8. The first kappa shape index (κ1) is 10.6.